The van der Waals surface area contributed by atoms with Crippen LogP contribution >= 0.6 is 11.6 Å². The number of pyridine rings is 1. The Morgan fingerprint density at radius 3 is 2.48 bits per heavy atom. The molecule has 1 unspecified atom stereocenters. The van der Waals surface area contributed by atoms with Crippen molar-refractivity contribution in [2.45, 2.75) is 13.0 Å². The summed E-state index contributed by atoms with van der Waals surface area (Å²) in [6, 6.07) is 21.3. The highest BCUT2D eigenvalue weighted by Crippen LogP contribution is 2.24. The van der Waals surface area contributed by atoms with Crippen LogP contribution in [0.2, 0.25) is 5.02 Å². The van der Waals surface area contributed by atoms with Gasteiger partial charge in [0.2, 0.25) is 0 Å². The second kappa shape index (κ2) is 8.69. The Labute approximate surface area is 164 Å². The van der Waals surface area contributed by atoms with Gasteiger partial charge in [0.05, 0.1) is 5.02 Å². The maximum atomic E-state index is 13.1. The maximum absolute atomic E-state index is 13.1. The highest BCUT2D eigenvalue weighted by molar-refractivity contribution is 6.30. The highest BCUT2D eigenvalue weighted by Gasteiger charge is 2.20. The molecule has 4 nitrogen and oxygen atoms in total. The third kappa shape index (κ3) is 4.66. The standard InChI is InChI=1S/C22H22ClN3O/c1-16(14-24-21-13-12-18(23)15-25-21)26(2)22(27)20-11-7-6-10-19(20)17-8-4-3-5-9-17/h3-13,15-16H,14H2,1-2H3,(H,24,25). The van der Waals surface area contributed by atoms with Gasteiger partial charge in [0.15, 0.2) is 0 Å². The molecule has 3 rings (SSSR count). The molecule has 1 atom stereocenters. The number of carbonyl (C=O) groups is 1. The Kier molecular flexibility index (Phi) is 6.09. The van der Waals surface area contributed by atoms with Crippen molar-refractivity contribution in [1.82, 2.24) is 9.88 Å². The summed E-state index contributed by atoms with van der Waals surface area (Å²) in [6.07, 6.45) is 1.60. The zero-order chi connectivity index (χ0) is 19.2. The van der Waals surface area contributed by atoms with Gasteiger partial charge in [-0.05, 0) is 36.2 Å². The third-order valence-corrected chi connectivity index (χ3v) is 4.75. The molecular formula is C22H22ClN3O. The van der Waals surface area contributed by atoms with Crippen LogP contribution in [-0.2, 0) is 0 Å². The van der Waals surface area contributed by atoms with Crippen LogP contribution in [0, 0.1) is 0 Å². The fraction of sp³-hybridized carbons (Fsp3) is 0.182. The first-order valence-corrected chi connectivity index (χ1v) is 9.21. The summed E-state index contributed by atoms with van der Waals surface area (Å²) < 4.78 is 0. The van der Waals surface area contributed by atoms with Gasteiger partial charge in [0.25, 0.3) is 5.91 Å². The van der Waals surface area contributed by atoms with Crippen LogP contribution in [0.25, 0.3) is 11.1 Å². The van der Waals surface area contributed by atoms with E-state index in [2.05, 4.69) is 10.3 Å². The Morgan fingerprint density at radius 2 is 1.78 bits per heavy atom. The molecular weight excluding hydrogens is 358 g/mol. The van der Waals surface area contributed by atoms with Crippen molar-refractivity contribution in [1.29, 1.82) is 0 Å². The Hall–Kier alpha value is -2.85. The van der Waals surface area contributed by atoms with Crippen molar-refractivity contribution in [3.05, 3.63) is 83.5 Å². The van der Waals surface area contributed by atoms with E-state index in [0.717, 1.165) is 16.9 Å². The molecule has 5 heteroatoms. The molecule has 0 saturated heterocycles. The van der Waals surface area contributed by atoms with E-state index in [9.17, 15) is 4.79 Å². The van der Waals surface area contributed by atoms with Gasteiger partial charge in [0.1, 0.15) is 5.82 Å². The van der Waals surface area contributed by atoms with Crippen molar-refractivity contribution in [3.63, 3.8) is 0 Å². The average Bonchev–Trinajstić information content (AvgIpc) is 2.72. The molecule has 0 radical (unpaired) electrons. The molecule has 0 aliphatic heterocycles. The summed E-state index contributed by atoms with van der Waals surface area (Å²) in [7, 11) is 1.83. The largest absolute Gasteiger partial charge is 0.368 e. The van der Waals surface area contributed by atoms with Crippen LogP contribution in [0.3, 0.4) is 0 Å². The molecule has 1 aromatic heterocycles. The molecule has 3 aromatic rings. The molecule has 0 aliphatic carbocycles. The van der Waals surface area contributed by atoms with E-state index < -0.39 is 0 Å². The second-order valence-electron chi connectivity index (χ2n) is 6.42. The summed E-state index contributed by atoms with van der Waals surface area (Å²) in [6.45, 7) is 2.59. The number of benzene rings is 2. The minimum Gasteiger partial charge on any atom is -0.368 e. The number of halogens is 1. The minimum absolute atomic E-state index is 0.00665. The molecule has 0 bridgehead atoms. The molecule has 0 aliphatic rings. The number of hydrogen-bond acceptors (Lipinski definition) is 3. The van der Waals surface area contributed by atoms with Crippen molar-refractivity contribution in [2.75, 3.05) is 18.9 Å². The van der Waals surface area contributed by atoms with Gasteiger partial charge in [-0.1, -0.05) is 60.1 Å². The molecule has 0 spiro atoms. The van der Waals surface area contributed by atoms with Crippen molar-refractivity contribution < 1.29 is 4.79 Å². The number of hydrogen-bond donors (Lipinski definition) is 1. The Balaban J connectivity index is 1.72. The monoisotopic (exact) mass is 379 g/mol. The molecule has 1 amide bonds. The van der Waals surface area contributed by atoms with E-state index in [1.807, 2.05) is 74.6 Å². The summed E-state index contributed by atoms with van der Waals surface area (Å²) >= 11 is 5.86. The van der Waals surface area contributed by atoms with Gasteiger partial charge >= 0.3 is 0 Å². The van der Waals surface area contributed by atoms with Gasteiger partial charge in [-0.3, -0.25) is 4.79 Å². The van der Waals surface area contributed by atoms with Crippen LogP contribution in [0.15, 0.2) is 72.9 Å². The van der Waals surface area contributed by atoms with E-state index in [4.69, 9.17) is 11.6 Å². The lowest BCUT2D eigenvalue weighted by atomic mass is 9.98. The van der Waals surface area contributed by atoms with Crippen molar-refractivity contribution >= 4 is 23.3 Å². The highest BCUT2D eigenvalue weighted by atomic mass is 35.5. The van der Waals surface area contributed by atoms with Crippen LogP contribution in [0.5, 0.6) is 0 Å². The Bertz CT molecular complexity index is 897. The van der Waals surface area contributed by atoms with Crippen LogP contribution in [-0.4, -0.2) is 35.4 Å². The third-order valence-electron chi connectivity index (χ3n) is 4.53. The lowest BCUT2D eigenvalue weighted by Crippen LogP contribution is -2.39. The van der Waals surface area contributed by atoms with Crippen LogP contribution in [0.4, 0.5) is 5.82 Å². The predicted octanol–water partition coefficient (Wildman–Crippen LogP) is 4.97. The normalized spacial score (nSPS) is 11.7. The van der Waals surface area contributed by atoms with Gasteiger partial charge in [-0.15, -0.1) is 0 Å². The average molecular weight is 380 g/mol. The molecule has 27 heavy (non-hydrogen) atoms. The van der Waals surface area contributed by atoms with E-state index in [1.54, 1.807) is 17.2 Å². The lowest BCUT2D eigenvalue weighted by molar-refractivity contribution is 0.0752. The number of likely N-dealkylation sites (N-methyl/N-ethyl adjacent to an activating group) is 1. The maximum Gasteiger partial charge on any atom is 0.254 e. The zero-order valence-corrected chi connectivity index (χ0v) is 16.1. The Morgan fingerprint density at radius 1 is 1.07 bits per heavy atom. The fourth-order valence-electron chi connectivity index (χ4n) is 2.80. The van der Waals surface area contributed by atoms with E-state index >= 15 is 0 Å². The first-order chi connectivity index (χ1) is 13.1. The minimum atomic E-state index is -0.0150. The number of amides is 1. The number of nitrogens with one attached hydrogen (secondary N) is 1. The number of anilines is 1. The van der Waals surface area contributed by atoms with Gasteiger partial charge in [-0.2, -0.15) is 0 Å². The molecule has 0 fully saturated rings. The summed E-state index contributed by atoms with van der Waals surface area (Å²) in [4.78, 5) is 19.1. The van der Waals surface area contributed by atoms with E-state index in [-0.39, 0.29) is 11.9 Å². The smallest absolute Gasteiger partial charge is 0.254 e. The lowest BCUT2D eigenvalue weighted by Gasteiger charge is -2.26. The molecule has 1 N–H and O–H groups in total. The quantitative estimate of drug-likeness (QED) is 0.657. The first kappa shape index (κ1) is 18.9. The van der Waals surface area contributed by atoms with Gasteiger partial charge < -0.3 is 10.2 Å². The van der Waals surface area contributed by atoms with Crippen molar-refractivity contribution in [3.8, 4) is 11.1 Å². The molecule has 138 valence electrons. The van der Waals surface area contributed by atoms with E-state index in [0.29, 0.717) is 17.1 Å². The summed E-state index contributed by atoms with van der Waals surface area (Å²) in [5, 5.41) is 3.84. The summed E-state index contributed by atoms with van der Waals surface area (Å²) in [5.41, 5.74) is 2.67. The number of carbonyl (C=O) groups excluding carboxylic acids is 1. The van der Waals surface area contributed by atoms with Gasteiger partial charge in [-0.25, -0.2) is 4.98 Å². The van der Waals surface area contributed by atoms with E-state index in [1.165, 1.54) is 0 Å². The number of rotatable bonds is 6. The number of aromatic nitrogens is 1. The summed E-state index contributed by atoms with van der Waals surface area (Å²) in [5.74, 6) is 0.726. The van der Waals surface area contributed by atoms with Crippen molar-refractivity contribution in [2.24, 2.45) is 0 Å². The topological polar surface area (TPSA) is 45.2 Å². The second-order valence-corrected chi connectivity index (χ2v) is 6.86. The van der Waals surface area contributed by atoms with Gasteiger partial charge in [0, 0.05) is 31.4 Å². The first-order valence-electron chi connectivity index (χ1n) is 8.83. The SMILES string of the molecule is CC(CNc1ccc(Cl)cn1)N(C)C(=O)c1ccccc1-c1ccccc1. The molecule has 1 heterocycles. The van der Waals surface area contributed by atoms with Crippen LogP contribution in [0.1, 0.15) is 17.3 Å². The molecule has 2 aromatic carbocycles. The predicted molar refractivity (Wildman–Crippen MR) is 111 cm³/mol. The molecule has 0 saturated carbocycles. The zero-order valence-electron chi connectivity index (χ0n) is 15.4. The van der Waals surface area contributed by atoms with Crippen LogP contribution < -0.4 is 5.32 Å². The number of nitrogens with zero attached hydrogens (tertiary/aromatic N) is 2. The fourth-order valence-corrected chi connectivity index (χ4v) is 2.91.